The Hall–Kier alpha value is -3.52. The molecule has 0 saturated heterocycles. The number of benzene rings is 3. The van der Waals surface area contributed by atoms with Gasteiger partial charge in [0.05, 0.1) is 25.0 Å². The van der Waals surface area contributed by atoms with E-state index in [0.29, 0.717) is 17.1 Å². The minimum atomic E-state index is -3.70. The number of anilines is 2. The van der Waals surface area contributed by atoms with E-state index >= 15 is 0 Å². The summed E-state index contributed by atoms with van der Waals surface area (Å²) in [5.74, 6) is 1.13. The molecule has 30 heavy (non-hydrogen) atoms. The van der Waals surface area contributed by atoms with Gasteiger partial charge < -0.3 is 14.8 Å². The molecule has 0 bridgehead atoms. The maximum Gasteiger partial charge on any atom is 0.261 e. The van der Waals surface area contributed by atoms with E-state index in [1.807, 2.05) is 0 Å². The van der Waals surface area contributed by atoms with Crippen LogP contribution in [0.2, 0.25) is 0 Å². The van der Waals surface area contributed by atoms with Gasteiger partial charge in [0, 0.05) is 11.4 Å². The molecule has 0 unspecified atom stereocenters. The average molecular weight is 426 g/mol. The molecule has 8 heteroatoms. The van der Waals surface area contributed by atoms with Gasteiger partial charge in [-0.25, -0.2) is 8.42 Å². The summed E-state index contributed by atoms with van der Waals surface area (Å²) >= 11 is 0. The zero-order valence-electron chi connectivity index (χ0n) is 16.4. The molecule has 156 valence electrons. The molecule has 2 N–H and O–H groups in total. The van der Waals surface area contributed by atoms with Crippen molar-refractivity contribution >= 4 is 27.3 Å². The third-order valence-corrected chi connectivity index (χ3v) is 5.53. The molecule has 0 heterocycles. The fraction of sp³-hybridized carbons (Fsp3) is 0.136. The van der Waals surface area contributed by atoms with Crippen LogP contribution in [0.5, 0.6) is 11.5 Å². The largest absolute Gasteiger partial charge is 0.497 e. The number of ether oxygens (including phenoxy) is 2. The van der Waals surface area contributed by atoms with E-state index in [2.05, 4.69) is 10.0 Å². The first-order valence-electron chi connectivity index (χ1n) is 9.21. The Morgan fingerprint density at radius 1 is 0.833 bits per heavy atom. The minimum absolute atomic E-state index is 0.104. The number of nitrogens with one attached hydrogen (secondary N) is 2. The first kappa shape index (κ1) is 21.2. The van der Waals surface area contributed by atoms with Crippen molar-refractivity contribution < 1.29 is 22.7 Å². The second kappa shape index (κ2) is 9.80. The Morgan fingerprint density at radius 3 is 2.10 bits per heavy atom. The van der Waals surface area contributed by atoms with Crippen molar-refractivity contribution in [2.24, 2.45) is 0 Å². The highest BCUT2D eigenvalue weighted by molar-refractivity contribution is 7.92. The monoisotopic (exact) mass is 426 g/mol. The van der Waals surface area contributed by atoms with E-state index in [-0.39, 0.29) is 23.8 Å². The quantitative estimate of drug-likeness (QED) is 0.541. The summed E-state index contributed by atoms with van der Waals surface area (Å²) < 4.78 is 38.0. The van der Waals surface area contributed by atoms with Gasteiger partial charge >= 0.3 is 0 Å². The number of carbonyl (C=O) groups is 1. The van der Waals surface area contributed by atoms with Crippen LogP contribution < -0.4 is 19.5 Å². The van der Waals surface area contributed by atoms with Gasteiger partial charge in [0.2, 0.25) is 5.91 Å². The van der Waals surface area contributed by atoms with Gasteiger partial charge in [0.1, 0.15) is 11.5 Å². The molecule has 0 spiro atoms. The number of methoxy groups -OCH3 is 1. The van der Waals surface area contributed by atoms with Crippen LogP contribution in [0, 0.1) is 0 Å². The number of sulfonamides is 1. The summed E-state index contributed by atoms with van der Waals surface area (Å²) in [6.45, 7) is 0.214. The Kier molecular flexibility index (Phi) is 6.92. The lowest BCUT2D eigenvalue weighted by Crippen LogP contribution is -2.16. The van der Waals surface area contributed by atoms with Gasteiger partial charge in [-0.1, -0.05) is 18.2 Å². The highest BCUT2D eigenvalue weighted by Gasteiger charge is 2.14. The third-order valence-electron chi connectivity index (χ3n) is 4.13. The van der Waals surface area contributed by atoms with E-state index in [1.165, 1.54) is 12.1 Å². The van der Waals surface area contributed by atoms with E-state index in [0.717, 1.165) is 5.75 Å². The SMILES string of the molecule is COc1ccc(OCCC(=O)Nc2ccc(S(=O)(=O)Nc3ccccc3)cc2)cc1. The van der Waals surface area contributed by atoms with Crippen LogP contribution in [-0.4, -0.2) is 28.0 Å². The van der Waals surface area contributed by atoms with Crippen LogP contribution in [0.4, 0.5) is 11.4 Å². The molecular weight excluding hydrogens is 404 g/mol. The first-order chi connectivity index (χ1) is 14.5. The Labute approximate surface area is 175 Å². The third kappa shape index (κ3) is 5.99. The van der Waals surface area contributed by atoms with Crippen LogP contribution >= 0.6 is 0 Å². The van der Waals surface area contributed by atoms with Crippen molar-refractivity contribution in [2.75, 3.05) is 23.8 Å². The molecule has 3 aromatic rings. The Balaban J connectivity index is 1.50. The topological polar surface area (TPSA) is 93.7 Å². The van der Waals surface area contributed by atoms with Crippen molar-refractivity contribution in [3.8, 4) is 11.5 Å². The molecule has 7 nitrogen and oxygen atoms in total. The van der Waals surface area contributed by atoms with Gasteiger partial charge in [-0.2, -0.15) is 0 Å². The second-order valence-electron chi connectivity index (χ2n) is 6.32. The summed E-state index contributed by atoms with van der Waals surface area (Å²) in [6, 6.07) is 21.7. The highest BCUT2D eigenvalue weighted by Crippen LogP contribution is 2.19. The molecule has 3 rings (SSSR count). The van der Waals surface area contributed by atoms with Crippen LogP contribution in [-0.2, 0) is 14.8 Å². The number of hydrogen-bond donors (Lipinski definition) is 2. The lowest BCUT2D eigenvalue weighted by molar-refractivity contribution is -0.116. The molecule has 0 aliphatic carbocycles. The molecule has 1 amide bonds. The summed E-state index contributed by atoms with van der Waals surface area (Å²) in [5, 5.41) is 2.72. The zero-order valence-corrected chi connectivity index (χ0v) is 17.2. The maximum absolute atomic E-state index is 12.4. The molecule has 0 saturated carbocycles. The van der Waals surface area contributed by atoms with Crippen molar-refractivity contribution in [3.63, 3.8) is 0 Å². The number of rotatable bonds is 9. The molecule has 0 radical (unpaired) electrons. The average Bonchev–Trinajstić information content (AvgIpc) is 2.75. The summed E-state index contributed by atoms with van der Waals surface area (Å²) in [7, 11) is -2.11. The lowest BCUT2D eigenvalue weighted by atomic mass is 10.3. The standard InChI is InChI=1S/C22H22N2O5S/c1-28-19-9-11-20(12-10-19)29-16-15-22(25)23-17-7-13-21(14-8-17)30(26,27)24-18-5-3-2-4-6-18/h2-14,24H,15-16H2,1H3,(H,23,25). The van der Waals surface area contributed by atoms with E-state index in [4.69, 9.17) is 9.47 Å². The number of para-hydroxylation sites is 1. The molecule has 3 aromatic carbocycles. The minimum Gasteiger partial charge on any atom is -0.497 e. The lowest BCUT2D eigenvalue weighted by Gasteiger charge is -2.10. The number of amides is 1. The fourth-order valence-electron chi connectivity index (χ4n) is 2.59. The second-order valence-corrected chi connectivity index (χ2v) is 8.00. The number of carbonyl (C=O) groups excluding carboxylic acids is 1. The Bertz CT molecular complexity index is 1070. The van der Waals surface area contributed by atoms with Crippen molar-refractivity contribution in [1.29, 1.82) is 0 Å². The fourth-order valence-corrected chi connectivity index (χ4v) is 3.65. The van der Waals surface area contributed by atoms with E-state index in [9.17, 15) is 13.2 Å². The van der Waals surface area contributed by atoms with E-state index in [1.54, 1.807) is 73.8 Å². The smallest absolute Gasteiger partial charge is 0.261 e. The normalized spacial score (nSPS) is 10.8. The van der Waals surface area contributed by atoms with Crippen LogP contribution in [0.25, 0.3) is 0 Å². The van der Waals surface area contributed by atoms with Crippen molar-refractivity contribution in [2.45, 2.75) is 11.3 Å². The zero-order chi connectivity index (χ0) is 21.4. The molecule has 0 atom stereocenters. The van der Waals surface area contributed by atoms with Crippen LogP contribution in [0.3, 0.4) is 0 Å². The van der Waals surface area contributed by atoms with Crippen LogP contribution in [0.1, 0.15) is 6.42 Å². The summed E-state index contributed by atoms with van der Waals surface area (Å²) in [4.78, 5) is 12.2. The van der Waals surface area contributed by atoms with Gasteiger partial charge in [0.15, 0.2) is 0 Å². The first-order valence-corrected chi connectivity index (χ1v) is 10.7. The highest BCUT2D eigenvalue weighted by atomic mass is 32.2. The predicted octanol–water partition coefficient (Wildman–Crippen LogP) is 3.90. The summed E-state index contributed by atoms with van der Waals surface area (Å²) in [5.41, 5.74) is 0.981. The molecule has 0 fully saturated rings. The molecule has 0 aromatic heterocycles. The van der Waals surface area contributed by atoms with Crippen LogP contribution in [0.15, 0.2) is 83.8 Å². The van der Waals surface area contributed by atoms with Crippen molar-refractivity contribution in [3.05, 3.63) is 78.9 Å². The van der Waals surface area contributed by atoms with Gasteiger partial charge in [-0.15, -0.1) is 0 Å². The number of hydrogen-bond acceptors (Lipinski definition) is 5. The van der Waals surface area contributed by atoms with Gasteiger partial charge in [-0.3, -0.25) is 9.52 Å². The van der Waals surface area contributed by atoms with Crippen molar-refractivity contribution in [1.82, 2.24) is 0 Å². The van der Waals surface area contributed by atoms with E-state index < -0.39 is 10.0 Å². The predicted molar refractivity (Wildman–Crippen MR) is 115 cm³/mol. The van der Waals surface area contributed by atoms with Gasteiger partial charge in [0.25, 0.3) is 10.0 Å². The molecule has 0 aliphatic rings. The van der Waals surface area contributed by atoms with Gasteiger partial charge in [-0.05, 0) is 60.7 Å². The maximum atomic E-state index is 12.4. The summed E-state index contributed by atoms with van der Waals surface area (Å²) in [6.07, 6.45) is 0.154. The molecule has 0 aliphatic heterocycles. The molecular formula is C22H22N2O5S. The Morgan fingerprint density at radius 2 is 1.47 bits per heavy atom.